The van der Waals surface area contributed by atoms with Gasteiger partial charge < -0.3 is 10.2 Å². The van der Waals surface area contributed by atoms with E-state index in [9.17, 15) is 5.11 Å². The van der Waals surface area contributed by atoms with Crippen LogP contribution < -0.4 is 0 Å². The van der Waals surface area contributed by atoms with Crippen molar-refractivity contribution in [2.45, 2.75) is 18.6 Å². The number of nitrogens with zero attached hydrogens (tertiary/aromatic N) is 1. The summed E-state index contributed by atoms with van der Waals surface area (Å²) >= 11 is 5.63. The topological polar surface area (TPSA) is 43.7 Å². The number of aliphatic hydroxyl groups is 2. The number of likely N-dealkylation sites (tertiary alicyclic amines) is 1. The lowest BCUT2D eigenvalue weighted by Gasteiger charge is -2.21. The molecule has 0 aromatic carbocycles. The quantitative estimate of drug-likeness (QED) is 0.669. The van der Waals surface area contributed by atoms with E-state index in [0.717, 1.165) is 0 Å². The van der Waals surface area contributed by atoms with Gasteiger partial charge in [0.05, 0.1) is 12.7 Å². The Bertz CT molecular complexity index is 174. The van der Waals surface area contributed by atoms with Crippen molar-refractivity contribution in [2.24, 2.45) is 0 Å². The lowest BCUT2D eigenvalue weighted by atomic mass is 10.2. The first-order valence-electron chi connectivity index (χ1n) is 3.99. The number of hydrogen-bond acceptors (Lipinski definition) is 3. The van der Waals surface area contributed by atoms with Gasteiger partial charge in [-0.05, 0) is 6.42 Å². The van der Waals surface area contributed by atoms with Crippen molar-refractivity contribution in [1.82, 2.24) is 4.90 Å². The maximum atomic E-state index is 9.29. The molecule has 1 aliphatic rings. The molecule has 70 valence electrons. The minimum Gasteiger partial charge on any atom is -0.395 e. The highest BCUT2D eigenvalue weighted by Crippen LogP contribution is 2.18. The summed E-state index contributed by atoms with van der Waals surface area (Å²) < 4.78 is 0. The monoisotopic (exact) mass is 191 g/mol. The van der Waals surface area contributed by atoms with Crippen LogP contribution in [0.15, 0.2) is 11.6 Å². The number of halogens is 1. The Kier molecular flexibility index (Phi) is 3.53. The highest BCUT2D eigenvalue weighted by Gasteiger charge is 2.29. The average Bonchev–Trinajstić information content (AvgIpc) is 2.29. The Morgan fingerprint density at radius 2 is 2.33 bits per heavy atom. The van der Waals surface area contributed by atoms with Gasteiger partial charge in [-0.25, -0.2) is 0 Å². The van der Waals surface area contributed by atoms with E-state index in [1.54, 1.807) is 0 Å². The van der Waals surface area contributed by atoms with Crippen LogP contribution in [0.4, 0.5) is 0 Å². The minimum atomic E-state index is -0.335. The fourth-order valence-electron chi connectivity index (χ4n) is 1.56. The van der Waals surface area contributed by atoms with E-state index in [1.165, 1.54) is 0 Å². The Morgan fingerprint density at radius 3 is 2.83 bits per heavy atom. The molecule has 1 saturated heterocycles. The first-order valence-corrected chi connectivity index (χ1v) is 4.37. The van der Waals surface area contributed by atoms with Crippen LogP contribution in [0.3, 0.4) is 0 Å². The Balaban J connectivity index is 2.46. The van der Waals surface area contributed by atoms with Crippen LogP contribution in [-0.4, -0.2) is 47.0 Å². The molecule has 0 spiro atoms. The molecule has 4 heteroatoms. The van der Waals surface area contributed by atoms with Gasteiger partial charge in [-0.3, -0.25) is 4.90 Å². The van der Waals surface area contributed by atoms with Crippen LogP contribution in [0.1, 0.15) is 6.42 Å². The normalized spacial score (nSPS) is 30.9. The predicted octanol–water partition coefficient (Wildman–Crippen LogP) is 0.166. The molecular weight excluding hydrogens is 178 g/mol. The first kappa shape index (κ1) is 9.99. The lowest BCUT2D eigenvalue weighted by Crippen LogP contribution is -2.33. The molecule has 0 radical (unpaired) electrons. The standard InChI is InChI=1S/C8H14ClNO2/c1-6(9)3-10-4-8(12)2-7(10)5-11/h7-8,11-12H,1-5H2/t7-,8+/m0/s1. The Labute approximate surface area is 77.2 Å². The molecule has 2 atom stereocenters. The summed E-state index contributed by atoms with van der Waals surface area (Å²) in [6, 6.07) is 0.0375. The van der Waals surface area contributed by atoms with Crippen molar-refractivity contribution in [3.05, 3.63) is 11.6 Å². The number of hydrogen-bond donors (Lipinski definition) is 2. The SMILES string of the molecule is C=C(Cl)CN1C[C@H](O)C[C@H]1CO. The average molecular weight is 192 g/mol. The molecule has 0 bridgehead atoms. The highest BCUT2D eigenvalue weighted by molar-refractivity contribution is 6.29. The summed E-state index contributed by atoms with van der Waals surface area (Å²) in [6.45, 7) is 4.77. The zero-order valence-electron chi connectivity index (χ0n) is 6.91. The van der Waals surface area contributed by atoms with Crippen molar-refractivity contribution in [3.63, 3.8) is 0 Å². The summed E-state index contributed by atoms with van der Waals surface area (Å²) in [5, 5.41) is 18.8. The van der Waals surface area contributed by atoms with Crippen molar-refractivity contribution >= 4 is 11.6 Å². The Hall–Kier alpha value is -0.0900. The van der Waals surface area contributed by atoms with Crippen molar-refractivity contribution < 1.29 is 10.2 Å². The third-order valence-corrected chi connectivity index (χ3v) is 2.21. The van der Waals surface area contributed by atoms with Crippen LogP contribution >= 0.6 is 11.6 Å². The largest absolute Gasteiger partial charge is 0.395 e. The Morgan fingerprint density at radius 1 is 1.67 bits per heavy atom. The van der Waals surface area contributed by atoms with Gasteiger partial charge in [0.2, 0.25) is 0 Å². The molecule has 3 nitrogen and oxygen atoms in total. The number of rotatable bonds is 3. The minimum absolute atomic E-state index is 0.0375. The zero-order valence-corrected chi connectivity index (χ0v) is 7.67. The molecule has 0 aromatic heterocycles. The molecule has 0 amide bonds. The van der Waals surface area contributed by atoms with Gasteiger partial charge in [-0.15, -0.1) is 0 Å². The second-order valence-corrected chi connectivity index (χ2v) is 3.71. The summed E-state index contributed by atoms with van der Waals surface area (Å²) in [5.41, 5.74) is 0. The molecule has 0 saturated carbocycles. The summed E-state index contributed by atoms with van der Waals surface area (Å²) in [7, 11) is 0. The molecular formula is C8H14ClNO2. The van der Waals surface area contributed by atoms with Crippen molar-refractivity contribution in [3.8, 4) is 0 Å². The summed E-state index contributed by atoms with van der Waals surface area (Å²) in [4.78, 5) is 1.94. The summed E-state index contributed by atoms with van der Waals surface area (Å²) in [5.74, 6) is 0. The third-order valence-electron chi connectivity index (χ3n) is 2.09. The highest BCUT2D eigenvalue weighted by atomic mass is 35.5. The molecule has 1 rings (SSSR count). The molecule has 0 aromatic rings. The summed E-state index contributed by atoms with van der Waals surface area (Å²) in [6.07, 6.45) is 0.291. The zero-order chi connectivity index (χ0) is 9.14. The van der Waals surface area contributed by atoms with E-state index < -0.39 is 0 Å². The van der Waals surface area contributed by atoms with Gasteiger partial charge in [0.15, 0.2) is 0 Å². The van der Waals surface area contributed by atoms with Crippen LogP contribution in [0.2, 0.25) is 0 Å². The molecule has 0 unspecified atom stereocenters. The third kappa shape index (κ3) is 2.45. The van der Waals surface area contributed by atoms with E-state index in [0.29, 0.717) is 24.5 Å². The van der Waals surface area contributed by atoms with Crippen LogP contribution in [-0.2, 0) is 0 Å². The van der Waals surface area contributed by atoms with Gasteiger partial charge in [0, 0.05) is 24.2 Å². The van der Waals surface area contributed by atoms with E-state index in [4.69, 9.17) is 16.7 Å². The second kappa shape index (κ2) is 4.23. The molecule has 2 N–H and O–H groups in total. The van der Waals surface area contributed by atoms with Gasteiger partial charge in [0.1, 0.15) is 0 Å². The van der Waals surface area contributed by atoms with Crippen LogP contribution in [0.5, 0.6) is 0 Å². The predicted molar refractivity (Wildman–Crippen MR) is 48.1 cm³/mol. The van der Waals surface area contributed by atoms with E-state index >= 15 is 0 Å². The van der Waals surface area contributed by atoms with Gasteiger partial charge in [-0.2, -0.15) is 0 Å². The van der Waals surface area contributed by atoms with Gasteiger partial charge >= 0.3 is 0 Å². The number of β-amino-alcohol motifs (C(OH)–C–C–N with tert-alkyl or cyclic N) is 1. The van der Waals surface area contributed by atoms with Crippen LogP contribution in [0.25, 0.3) is 0 Å². The second-order valence-electron chi connectivity index (χ2n) is 3.17. The maximum absolute atomic E-state index is 9.29. The van der Waals surface area contributed by atoms with Gasteiger partial charge in [0.25, 0.3) is 0 Å². The molecule has 1 aliphatic heterocycles. The molecule has 12 heavy (non-hydrogen) atoms. The van der Waals surface area contributed by atoms with Crippen molar-refractivity contribution in [2.75, 3.05) is 19.7 Å². The number of aliphatic hydroxyl groups excluding tert-OH is 2. The van der Waals surface area contributed by atoms with Gasteiger partial charge in [-0.1, -0.05) is 18.2 Å². The van der Waals surface area contributed by atoms with Crippen molar-refractivity contribution in [1.29, 1.82) is 0 Å². The van der Waals surface area contributed by atoms with Crippen LogP contribution in [0, 0.1) is 0 Å². The fourth-order valence-corrected chi connectivity index (χ4v) is 1.71. The van der Waals surface area contributed by atoms with E-state index in [2.05, 4.69) is 6.58 Å². The molecule has 1 heterocycles. The smallest absolute Gasteiger partial charge is 0.0683 e. The first-order chi connectivity index (χ1) is 5.63. The molecule has 1 fully saturated rings. The van der Waals surface area contributed by atoms with E-state index in [1.807, 2.05) is 4.90 Å². The maximum Gasteiger partial charge on any atom is 0.0683 e. The molecule has 0 aliphatic carbocycles. The fraction of sp³-hybridized carbons (Fsp3) is 0.750. The lowest BCUT2D eigenvalue weighted by molar-refractivity contribution is 0.166. The van der Waals surface area contributed by atoms with E-state index in [-0.39, 0.29) is 18.8 Å².